The summed E-state index contributed by atoms with van der Waals surface area (Å²) in [5, 5.41) is 2.36. The molecule has 110 valence electrons. The number of allylic oxidation sites excluding steroid dienone is 1. The van der Waals surface area contributed by atoms with Gasteiger partial charge in [-0.05, 0) is 18.6 Å². The summed E-state index contributed by atoms with van der Waals surface area (Å²) in [7, 11) is 0. The van der Waals surface area contributed by atoms with Gasteiger partial charge in [0.25, 0.3) is 0 Å². The Hall–Kier alpha value is -2.44. The molecule has 0 radical (unpaired) electrons. The first-order valence-corrected chi connectivity index (χ1v) is 5.90. The summed E-state index contributed by atoms with van der Waals surface area (Å²) < 4.78 is 9.15. The number of hydrogen-bond donors (Lipinski definition) is 1. The zero-order valence-corrected chi connectivity index (χ0v) is 11.1. The van der Waals surface area contributed by atoms with E-state index in [9.17, 15) is 19.2 Å². The maximum Gasteiger partial charge on any atom is 0.417 e. The summed E-state index contributed by atoms with van der Waals surface area (Å²) in [6.45, 7) is 6.40. The zero-order chi connectivity index (χ0) is 15.4. The van der Waals surface area contributed by atoms with E-state index in [4.69, 9.17) is 0 Å². The van der Waals surface area contributed by atoms with Crippen LogP contribution in [0.3, 0.4) is 0 Å². The fraction of sp³-hybridized carbons (Fsp3) is 0.385. The molecule has 0 aliphatic heterocycles. The summed E-state index contributed by atoms with van der Waals surface area (Å²) in [6, 6.07) is 0. The van der Waals surface area contributed by atoms with Crippen molar-refractivity contribution in [2.75, 3.05) is 19.8 Å². The highest BCUT2D eigenvalue weighted by Gasteiger charge is 2.16. The Morgan fingerprint density at radius 2 is 1.55 bits per heavy atom. The first-order chi connectivity index (χ1) is 9.51. The SMILES string of the molecule is C=CC(=O)CCCOC(=O)C(=O)OCCNC(=O)C=C. The van der Waals surface area contributed by atoms with Gasteiger partial charge in [-0.1, -0.05) is 13.2 Å². The van der Waals surface area contributed by atoms with Crippen molar-refractivity contribution in [3.8, 4) is 0 Å². The van der Waals surface area contributed by atoms with Crippen molar-refractivity contribution in [1.82, 2.24) is 5.32 Å². The molecule has 1 N–H and O–H groups in total. The van der Waals surface area contributed by atoms with Crippen LogP contribution in [-0.4, -0.2) is 43.4 Å². The quantitative estimate of drug-likeness (QED) is 0.275. The van der Waals surface area contributed by atoms with Crippen LogP contribution in [0.5, 0.6) is 0 Å². The number of ketones is 1. The lowest BCUT2D eigenvalue weighted by Crippen LogP contribution is -2.28. The zero-order valence-electron chi connectivity index (χ0n) is 11.1. The molecule has 0 saturated carbocycles. The van der Waals surface area contributed by atoms with Crippen LogP contribution in [-0.2, 0) is 28.7 Å². The number of carbonyl (C=O) groups is 4. The molecule has 1 amide bonds. The summed E-state index contributed by atoms with van der Waals surface area (Å²) >= 11 is 0. The fourth-order valence-corrected chi connectivity index (χ4v) is 1.02. The lowest BCUT2D eigenvalue weighted by molar-refractivity contribution is -0.167. The van der Waals surface area contributed by atoms with Crippen molar-refractivity contribution in [3.05, 3.63) is 25.3 Å². The van der Waals surface area contributed by atoms with Crippen molar-refractivity contribution in [2.45, 2.75) is 12.8 Å². The van der Waals surface area contributed by atoms with Crippen molar-refractivity contribution in [2.24, 2.45) is 0 Å². The Labute approximate surface area is 116 Å². The number of hydrogen-bond acceptors (Lipinski definition) is 6. The smallest absolute Gasteiger partial charge is 0.417 e. The molecule has 0 rings (SSSR count). The van der Waals surface area contributed by atoms with Gasteiger partial charge in [-0.25, -0.2) is 9.59 Å². The molecule has 0 aromatic rings. The molecule has 0 aliphatic rings. The minimum Gasteiger partial charge on any atom is -0.457 e. The average Bonchev–Trinajstić information content (AvgIpc) is 2.46. The van der Waals surface area contributed by atoms with E-state index in [0.717, 1.165) is 6.08 Å². The highest BCUT2D eigenvalue weighted by Crippen LogP contribution is 1.94. The van der Waals surface area contributed by atoms with Gasteiger partial charge in [0, 0.05) is 6.42 Å². The maximum absolute atomic E-state index is 11.1. The van der Waals surface area contributed by atoms with Crippen molar-refractivity contribution in [3.63, 3.8) is 0 Å². The van der Waals surface area contributed by atoms with Gasteiger partial charge in [-0.3, -0.25) is 9.59 Å². The second kappa shape index (κ2) is 10.5. The third kappa shape index (κ3) is 8.62. The van der Waals surface area contributed by atoms with E-state index in [2.05, 4.69) is 27.9 Å². The highest BCUT2D eigenvalue weighted by molar-refractivity contribution is 6.29. The lowest BCUT2D eigenvalue weighted by atomic mass is 10.2. The number of rotatable bonds is 9. The van der Waals surface area contributed by atoms with Crippen LogP contribution in [0.4, 0.5) is 0 Å². The van der Waals surface area contributed by atoms with Crippen molar-refractivity contribution in [1.29, 1.82) is 0 Å². The van der Waals surface area contributed by atoms with Gasteiger partial charge in [-0.2, -0.15) is 0 Å². The maximum atomic E-state index is 11.1. The second-order valence-corrected chi connectivity index (χ2v) is 3.54. The van der Waals surface area contributed by atoms with E-state index in [1.165, 1.54) is 6.08 Å². The van der Waals surface area contributed by atoms with Crippen LogP contribution in [0, 0.1) is 0 Å². The molecule has 0 bridgehead atoms. The molecular formula is C13H17NO6. The van der Waals surface area contributed by atoms with E-state index in [1.54, 1.807) is 0 Å². The molecule has 0 atom stereocenters. The van der Waals surface area contributed by atoms with Crippen LogP contribution in [0.1, 0.15) is 12.8 Å². The largest absolute Gasteiger partial charge is 0.457 e. The van der Waals surface area contributed by atoms with E-state index >= 15 is 0 Å². The molecule has 7 heteroatoms. The minimum absolute atomic E-state index is 0.0548. The molecule has 20 heavy (non-hydrogen) atoms. The highest BCUT2D eigenvalue weighted by atomic mass is 16.6. The van der Waals surface area contributed by atoms with Gasteiger partial charge in [-0.15, -0.1) is 0 Å². The van der Waals surface area contributed by atoms with Gasteiger partial charge in [0.1, 0.15) is 6.61 Å². The summed E-state index contributed by atoms with van der Waals surface area (Å²) in [4.78, 5) is 43.9. The number of amides is 1. The van der Waals surface area contributed by atoms with E-state index < -0.39 is 17.8 Å². The topological polar surface area (TPSA) is 98.8 Å². The molecule has 0 unspecified atom stereocenters. The summed E-state index contributed by atoms with van der Waals surface area (Å²) in [5.74, 6) is -2.85. The Morgan fingerprint density at radius 3 is 2.10 bits per heavy atom. The Kier molecular flexibility index (Phi) is 9.20. The average molecular weight is 283 g/mol. The fourth-order valence-electron chi connectivity index (χ4n) is 1.02. The molecular weight excluding hydrogens is 266 g/mol. The Morgan fingerprint density at radius 1 is 0.950 bits per heavy atom. The molecule has 0 spiro atoms. The first kappa shape index (κ1) is 17.6. The third-order valence-electron chi connectivity index (χ3n) is 2.01. The van der Waals surface area contributed by atoms with Gasteiger partial charge in [0.15, 0.2) is 5.78 Å². The second-order valence-electron chi connectivity index (χ2n) is 3.54. The van der Waals surface area contributed by atoms with Crippen LogP contribution >= 0.6 is 0 Å². The number of nitrogens with one attached hydrogen (secondary N) is 1. The lowest BCUT2D eigenvalue weighted by Gasteiger charge is -2.05. The minimum atomic E-state index is -1.15. The van der Waals surface area contributed by atoms with Gasteiger partial charge < -0.3 is 14.8 Å². The van der Waals surface area contributed by atoms with Crippen molar-refractivity contribution < 1.29 is 28.7 Å². The predicted octanol–water partition coefficient (Wildman–Crippen LogP) is -0.0897. The summed E-state index contributed by atoms with van der Waals surface area (Å²) in [5.41, 5.74) is 0. The molecule has 0 heterocycles. The normalized spacial score (nSPS) is 9.20. The number of esters is 2. The molecule has 0 fully saturated rings. The Bertz CT molecular complexity index is 364. The monoisotopic (exact) mass is 283 g/mol. The number of carbonyl (C=O) groups excluding carboxylic acids is 4. The van der Waals surface area contributed by atoms with E-state index in [0.29, 0.717) is 6.42 Å². The molecule has 0 aliphatic carbocycles. The molecule has 0 aromatic carbocycles. The third-order valence-corrected chi connectivity index (χ3v) is 2.01. The first-order valence-electron chi connectivity index (χ1n) is 5.90. The molecule has 0 saturated heterocycles. The van der Waals surface area contributed by atoms with Crippen molar-refractivity contribution >= 4 is 23.6 Å². The standard InChI is InChI=1S/C13H17NO6/c1-3-10(15)6-5-8-19-12(17)13(18)20-9-7-14-11(16)4-2/h3-4H,1-2,5-9H2,(H,14,16). The van der Waals surface area contributed by atoms with Crippen LogP contribution in [0.25, 0.3) is 0 Å². The van der Waals surface area contributed by atoms with E-state index in [1.807, 2.05) is 0 Å². The molecule has 0 aromatic heterocycles. The summed E-state index contributed by atoms with van der Waals surface area (Å²) in [6.07, 6.45) is 2.74. The number of ether oxygens (including phenoxy) is 2. The van der Waals surface area contributed by atoms with Crippen LogP contribution in [0.2, 0.25) is 0 Å². The van der Waals surface area contributed by atoms with Gasteiger partial charge in [0.2, 0.25) is 5.91 Å². The van der Waals surface area contributed by atoms with Gasteiger partial charge in [0.05, 0.1) is 13.2 Å². The van der Waals surface area contributed by atoms with Crippen LogP contribution in [0.15, 0.2) is 25.3 Å². The Balaban J connectivity index is 3.68. The van der Waals surface area contributed by atoms with E-state index in [-0.39, 0.29) is 32.0 Å². The molecule has 7 nitrogen and oxygen atoms in total. The predicted molar refractivity (Wildman–Crippen MR) is 69.6 cm³/mol. The van der Waals surface area contributed by atoms with Gasteiger partial charge >= 0.3 is 11.9 Å². The van der Waals surface area contributed by atoms with Crippen LogP contribution < -0.4 is 5.32 Å².